The van der Waals surface area contributed by atoms with Gasteiger partial charge in [0.1, 0.15) is 5.82 Å². The molecule has 0 bridgehead atoms. The Balaban J connectivity index is 1.93. The van der Waals surface area contributed by atoms with Crippen LogP contribution in [0.2, 0.25) is 0 Å². The van der Waals surface area contributed by atoms with Crippen LogP contribution in [0, 0.1) is 5.92 Å². The standard InChI is InChI=1S/C14H23N3/c1-10(2)15-7-12-8-16-14(17-9-12)13-5-4-11(3)6-13/h8-11,13,15H,4-7H2,1-3H3. The van der Waals surface area contributed by atoms with E-state index >= 15 is 0 Å². The monoisotopic (exact) mass is 233 g/mol. The van der Waals surface area contributed by atoms with Crippen LogP contribution in [0.4, 0.5) is 0 Å². The van der Waals surface area contributed by atoms with E-state index in [1.54, 1.807) is 0 Å². The van der Waals surface area contributed by atoms with Gasteiger partial charge in [0.2, 0.25) is 0 Å². The number of aromatic nitrogens is 2. The van der Waals surface area contributed by atoms with Crippen LogP contribution in [0.5, 0.6) is 0 Å². The summed E-state index contributed by atoms with van der Waals surface area (Å²) in [6.07, 6.45) is 7.78. The van der Waals surface area contributed by atoms with Gasteiger partial charge < -0.3 is 5.32 Å². The van der Waals surface area contributed by atoms with E-state index in [4.69, 9.17) is 0 Å². The van der Waals surface area contributed by atoms with Gasteiger partial charge in [-0.05, 0) is 25.2 Å². The van der Waals surface area contributed by atoms with E-state index in [1.165, 1.54) is 24.8 Å². The second-order valence-electron chi connectivity index (χ2n) is 5.60. The number of rotatable bonds is 4. The summed E-state index contributed by atoms with van der Waals surface area (Å²) < 4.78 is 0. The highest BCUT2D eigenvalue weighted by molar-refractivity contribution is 5.08. The Morgan fingerprint density at radius 1 is 1.29 bits per heavy atom. The molecule has 0 amide bonds. The first-order valence-corrected chi connectivity index (χ1v) is 6.69. The molecule has 3 nitrogen and oxygen atoms in total. The molecule has 0 spiro atoms. The summed E-state index contributed by atoms with van der Waals surface area (Å²) in [6, 6.07) is 0.505. The second-order valence-corrected chi connectivity index (χ2v) is 5.60. The van der Waals surface area contributed by atoms with Gasteiger partial charge in [0.25, 0.3) is 0 Å². The van der Waals surface area contributed by atoms with Gasteiger partial charge in [-0.25, -0.2) is 9.97 Å². The molecule has 1 aromatic heterocycles. The van der Waals surface area contributed by atoms with E-state index in [0.717, 1.165) is 18.3 Å². The molecule has 3 heteroatoms. The van der Waals surface area contributed by atoms with Gasteiger partial charge in [-0.2, -0.15) is 0 Å². The molecule has 1 fully saturated rings. The molecule has 2 unspecified atom stereocenters. The molecule has 1 saturated carbocycles. The van der Waals surface area contributed by atoms with Crippen molar-refractivity contribution in [2.45, 2.75) is 58.5 Å². The first-order chi connectivity index (χ1) is 8.15. The van der Waals surface area contributed by atoms with Crippen molar-refractivity contribution in [3.63, 3.8) is 0 Å². The molecular formula is C14H23N3. The van der Waals surface area contributed by atoms with Crippen LogP contribution in [-0.4, -0.2) is 16.0 Å². The predicted molar refractivity (Wildman–Crippen MR) is 69.8 cm³/mol. The van der Waals surface area contributed by atoms with Gasteiger partial charge in [0, 0.05) is 36.5 Å². The number of nitrogens with one attached hydrogen (secondary N) is 1. The van der Waals surface area contributed by atoms with E-state index in [9.17, 15) is 0 Å². The van der Waals surface area contributed by atoms with Crippen molar-refractivity contribution in [2.75, 3.05) is 0 Å². The van der Waals surface area contributed by atoms with Crippen LogP contribution in [-0.2, 0) is 6.54 Å². The Morgan fingerprint density at radius 3 is 2.53 bits per heavy atom. The minimum atomic E-state index is 0.505. The Kier molecular flexibility index (Phi) is 4.11. The smallest absolute Gasteiger partial charge is 0.131 e. The van der Waals surface area contributed by atoms with Gasteiger partial charge in [-0.15, -0.1) is 0 Å². The highest BCUT2D eigenvalue weighted by Gasteiger charge is 2.24. The first-order valence-electron chi connectivity index (χ1n) is 6.69. The lowest BCUT2D eigenvalue weighted by Crippen LogP contribution is -2.22. The van der Waals surface area contributed by atoms with Crippen molar-refractivity contribution in [1.82, 2.24) is 15.3 Å². The number of hydrogen-bond donors (Lipinski definition) is 1. The maximum atomic E-state index is 4.52. The molecule has 1 N–H and O–H groups in total. The summed E-state index contributed by atoms with van der Waals surface area (Å²) in [4.78, 5) is 9.04. The third-order valence-corrected chi connectivity index (χ3v) is 3.50. The third kappa shape index (κ3) is 3.50. The molecule has 0 aromatic carbocycles. The normalized spacial score (nSPS) is 24.5. The summed E-state index contributed by atoms with van der Waals surface area (Å²) in [5, 5.41) is 3.38. The Bertz CT molecular complexity index is 345. The maximum Gasteiger partial charge on any atom is 0.131 e. The summed E-state index contributed by atoms with van der Waals surface area (Å²) in [5.41, 5.74) is 1.17. The SMILES string of the molecule is CC1CCC(c2ncc(CNC(C)C)cn2)C1. The lowest BCUT2D eigenvalue weighted by atomic mass is 10.1. The van der Waals surface area contributed by atoms with E-state index in [2.05, 4.69) is 36.1 Å². The molecule has 94 valence electrons. The largest absolute Gasteiger partial charge is 0.310 e. The topological polar surface area (TPSA) is 37.8 Å². The molecule has 1 aliphatic rings. The Morgan fingerprint density at radius 2 is 2.00 bits per heavy atom. The van der Waals surface area contributed by atoms with E-state index in [-0.39, 0.29) is 0 Å². The molecule has 0 aliphatic heterocycles. The molecule has 1 aromatic rings. The molecule has 1 heterocycles. The summed E-state index contributed by atoms with van der Waals surface area (Å²) in [5.74, 6) is 2.48. The zero-order chi connectivity index (χ0) is 12.3. The van der Waals surface area contributed by atoms with Crippen molar-refractivity contribution in [3.8, 4) is 0 Å². The van der Waals surface area contributed by atoms with Crippen LogP contribution < -0.4 is 5.32 Å². The summed E-state index contributed by atoms with van der Waals surface area (Å²) in [7, 11) is 0. The van der Waals surface area contributed by atoms with Crippen LogP contribution in [0.25, 0.3) is 0 Å². The van der Waals surface area contributed by atoms with Crippen LogP contribution in [0.1, 0.15) is 57.3 Å². The molecule has 2 rings (SSSR count). The van der Waals surface area contributed by atoms with Crippen molar-refractivity contribution in [1.29, 1.82) is 0 Å². The highest BCUT2D eigenvalue weighted by Crippen LogP contribution is 2.35. The Hall–Kier alpha value is -0.960. The Labute approximate surface area is 104 Å². The quantitative estimate of drug-likeness (QED) is 0.869. The zero-order valence-corrected chi connectivity index (χ0v) is 11.1. The van der Waals surface area contributed by atoms with Crippen LogP contribution in [0.15, 0.2) is 12.4 Å². The molecule has 2 atom stereocenters. The average Bonchev–Trinajstić information content (AvgIpc) is 2.74. The van der Waals surface area contributed by atoms with Crippen LogP contribution in [0.3, 0.4) is 0 Å². The minimum absolute atomic E-state index is 0.505. The molecule has 17 heavy (non-hydrogen) atoms. The van der Waals surface area contributed by atoms with Crippen LogP contribution >= 0.6 is 0 Å². The fourth-order valence-corrected chi connectivity index (χ4v) is 2.43. The van der Waals surface area contributed by atoms with Gasteiger partial charge in [0.15, 0.2) is 0 Å². The molecule has 0 saturated heterocycles. The molecule has 0 radical (unpaired) electrons. The predicted octanol–water partition coefficient (Wildman–Crippen LogP) is 2.88. The summed E-state index contributed by atoms with van der Waals surface area (Å²) >= 11 is 0. The lowest BCUT2D eigenvalue weighted by molar-refractivity contribution is 0.576. The van der Waals surface area contributed by atoms with Crippen molar-refractivity contribution in [2.24, 2.45) is 5.92 Å². The number of nitrogens with zero attached hydrogens (tertiary/aromatic N) is 2. The first kappa shape index (κ1) is 12.5. The van der Waals surface area contributed by atoms with Gasteiger partial charge in [-0.3, -0.25) is 0 Å². The fraction of sp³-hybridized carbons (Fsp3) is 0.714. The van der Waals surface area contributed by atoms with Gasteiger partial charge in [0.05, 0.1) is 0 Å². The minimum Gasteiger partial charge on any atom is -0.310 e. The fourth-order valence-electron chi connectivity index (χ4n) is 2.43. The van der Waals surface area contributed by atoms with Gasteiger partial charge >= 0.3 is 0 Å². The lowest BCUT2D eigenvalue weighted by Gasteiger charge is -2.10. The molecular weight excluding hydrogens is 210 g/mol. The maximum absolute atomic E-state index is 4.52. The zero-order valence-electron chi connectivity index (χ0n) is 11.1. The van der Waals surface area contributed by atoms with E-state index in [0.29, 0.717) is 12.0 Å². The van der Waals surface area contributed by atoms with Crippen molar-refractivity contribution >= 4 is 0 Å². The summed E-state index contributed by atoms with van der Waals surface area (Å²) in [6.45, 7) is 7.48. The molecule has 1 aliphatic carbocycles. The number of hydrogen-bond acceptors (Lipinski definition) is 3. The van der Waals surface area contributed by atoms with E-state index < -0.39 is 0 Å². The van der Waals surface area contributed by atoms with Crippen molar-refractivity contribution in [3.05, 3.63) is 23.8 Å². The third-order valence-electron chi connectivity index (χ3n) is 3.50. The average molecular weight is 233 g/mol. The highest BCUT2D eigenvalue weighted by atomic mass is 14.9. The van der Waals surface area contributed by atoms with Gasteiger partial charge in [-0.1, -0.05) is 20.8 Å². The second kappa shape index (κ2) is 5.58. The van der Waals surface area contributed by atoms with E-state index in [1.807, 2.05) is 12.4 Å². The van der Waals surface area contributed by atoms with Crippen molar-refractivity contribution < 1.29 is 0 Å².